The summed E-state index contributed by atoms with van der Waals surface area (Å²) in [7, 11) is 0. The molecule has 174 valence electrons. The van der Waals surface area contributed by atoms with Crippen LogP contribution in [0.4, 0.5) is 0 Å². The molecule has 1 saturated carbocycles. The Balaban J connectivity index is 1.35. The van der Waals surface area contributed by atoms with Crippen molar-refractivity contribution in [3.8, 4) is 28.7 Å². The molecule has 4 N–H and O–H groups in total. The molecule has 0 amide bonds. The molecule has 0 saturated heterocycles. The van der Waals surface area contributed by atoms with Crippen molar-refractivity contribution in [2.75, 3.05) is 13.2 Å². The number of benzene rings is 3. The number of aliphatic hydroxyl groups is 1. The van der Waals surface area contributed by atoms with E-state index >= 15 is 0 Å². The lowest BCUT2D eigenvalue weighted by Gasteiger charge is -2.21. The number of β-amino-alcohol motifs (C(OH)–C–C–N with tert-alkyl or cyclic N) is 1. The number of carboxylic acid groups (broad SMARTS) is 1. The number of aromatic carboxylic acids is 1. The van der Waals surface area contributed by atoms with E-state index in [1.165, 1.54) is 12.1 Å². The van der Waals surface area contributed by atoms with Gasteiger partial charge in [-0.05, 0) is 72.4 Å². The van der Waals surface area contributed by atoms with E-state index in [4.69, 9.17) is 9.84 Å². The first-order valence-electron chi connectivity index (χ1n) is 11.1. The van der Waals surface area contributed by atoms with Gasteiger partial charge in [-0.2, -0.15) is 5.26 Å². The van der Waals surface area contributed by atoms with E-state index in [9.17, 15) is 20.3 Å². The van der Waals surface area contributed by atoms with E-state index in [1.54, 1.807) is 42.5 Å². The van der Waals surface area contributed by atoms with Crippen LogP contribution < -0.4 is 10.1 Å². The first kappa shape index (κ1) is 23.3. The Morgan fingerprint density at radius 1 is 1.06 bits per heavy atom. The maximum atomic E-state index is 11.1. The molecule has 34 heavy (non-hydrogen) atoms. The van der Waals surface area contributed by atoms with Crippen molar-refractivity contribution < 1.29 is 24.9 Å². The number of ether oxygens (including phenoxy) is 1. The van der Waals surface area contributed by atoms with Gasteiger partial charge >= 0.3 is 5.97 Å². The molecule has 7 heteroatoms. The van der Waals surface area contributed by atoms with Gasteiger partial charge in [0.1, 0.15) is 30.3 Å². The summed E-state index contributed by atoms with van der Waals surface area (Å²) in [5.74, 6) is -0.382. The Morgan fingerprint density at radius 2 is 1.74 bits per heavy atom. The Hall–Kier alpha value is -3.86. The van der Waals surface area contributed by atoms with Crippen molar-refractivity contribution in [1.29, 1.82) is 5.26 Å². The van der Waals surface area contributed by atoms with Gasteiger partial charge in [0.2, 0.25) is 0 Å². The lowest BCUT2D eigenvalue weighted by molar-refractivity contribution is 0.0697. The number of nitriles is 1. The van der Waals surface area contributed by atoms with Crippen molar-refractivity contribution >= 4 is 5.97 Å². The molecule has 0 spiro atoms. The molecule has 1 unspecified atom stereocenters. The predicted octanol–water partition coefficient (Wildman–Crippen LogP) is 3.73. The monoisotopic (exact) mass is 458 g/mol. The molecule has 0 heterocycles. The third kappa shape index (κ3) is 5.73. The van der Waals surface area contributed by atoms with Crippen LogP contribution in [0.25, 0.3) is 11.1 Å². The van der Waals surface area contributed by atoms with Crippen LogP contribution in [-0.2, 0) is 6.42 Å². The molecule has 3 aromatic rings. The van der Waals surface area contributed by atoms with Gasteiger partial charge in [0.15, 0.2) is 0 Å². The fourth-order valence-corrected chi connectivity index (χ4v) is 3.87. The smallest absolute Gasteiger partial charge is 0.335 e. The highest BCUT2D eigenvalue weighted by molar-refractivity contribution is 5.88. The van der Waals surface area contributed by atoms with E-state index in [0.29, 0.717) is 17.9 Å². The van der Waals surface area contributed by atoms with Crippen molar-refractivity contribution in [3.63, 3.8) is 0 Å². The average molecular weight is 459 g/mol. The molecule has 1 atom stereocenters. The number of phenols is 1. The molecule has 4 rings (SSSR count). The Morgan fingerprint density at radius 3 is 2.35 bits per heavy atom. The van der Waals surface area contributed by atoms with Gasteiger partial charge in [-0.3, -0.25) is 0 Å². The summed E-state index contributed by atoms with van der Waals surface area (Å²) in [6.07, 6.45) is 2.09. The van der Waals surface area contributed by atoms with Crippen LogP contribution in [-0.4, -0.2) is 46.1 Å². The van der Waals surface area contributed by atoms with Gasteiger partial charge in [-0.25, -0.2) is 4.79 Å². The largest absolute Gasteiger partial charge is 0.508 e. The summed E-state index contributed by atoms with van der Waals surface area (Å²) in [4.78, 5) is 11.1. The molecule has 0 aliphatic heterocycles. The van der Waals surface area contributed by atoms with E-state index in [1.807, 2.05) is 12.1 Å². The Kier molecular flexibility index (Phi) is 6.82. The average Bonchev–Trinajstić information content (AvgIpc) is 3.62. The number of phenolic OH excluding ortho intramolecular Hbond substituents is 1. The molecule has 1 aliphatic carbocycles. The first-order valence-corrected chi connectivity index (χ1v) is 11.1. The number of nitrogens with zero attached hydrogens (tertiary/aromatic N) is 1. The van der Waals surface area contributed by atoms with Crippen molar-refractivity contribution in [3.05, 3.63) is 83.4 Å². The zero-order chi connectivity index (χ0) is 24.1. The maximum Gasteiger partial charge on any atom is 0.335 e. The molecule has 1 aliphatic rings. The maximum absolute atomic E-state index is 11.1. The highest BCUT2D eigenvalue weighted by Gasteiger charge is 2.42. The van der Waals surface area contributed by atoms with Gasteiger partial charge in [-0.1, -0.05) is 30.3 Å². The number of aromatic hydroxyl groups is 1. The van der Waals surface area contributed by atoms with Gasteiger partial charge in [-0.15, -0.1) is 0 Å². The number of carboxylic acids is 1. The highest BCUT2D eigenvalue weighted by Crippen LogP contribution is 2.38. The minimum Gasteiger partial charge on any atom is -0.508 e. The van der Waals surface area contributed by atoms with Crippen LogP contribution in [0, 0.1) is 11.3 Å². The number of nitrogens with one attached hydrogen (secondary N) is 1. The van der Waals surface area contributed by atoms with Crippen LogP contribution in [0.2, 0.25) is 0 Å². The molecule has 0 radical (unpaired) electrons. The number of aliphatic hydroxyl groups excluding tert-OH is 1. The molecule has 7 nitrogen and oxygen atoms in total. The molecule has 3 aromatic carbocycles. The van der Waals surface area contributed by atoms with Crippen LogP contribution >= 0.6 is 0 Å². The van der Waals surface area contributed by atoms with E-state index in [2.05, 4.69) is 11.4 Å². The second kappa shape index (κ2) is 9.96. The SMILES string of the molecule is N#Cc1ccc(-c2ccc(C(=O)O)cc2)cc1OCC(O)CNC1(Cc2ccc(O)cc2)CC1. The number of rotatable bonds is 10. The zero-order valence-corrected chi connectivity index (χ0v) is 18.6. The summed E-state index contributed by atoms with van der Waals surface area (Å²) in [6, 6.07) is 20.9. The van der Waals surface area contributed by atoms with Crippen LogP contribution in [0.15, 0.2) is 66.7 Å². The van der Waals surface area contributed by atoms with Gasteiger partial charge in [0.05, 0.1) is 11.1 Å². The summed E-state index contributed by atoms with van der Waals surface area (Å²) in [5, 5.41) is 41.9. The third-order valence-corrected chi connectivity index (χ3v) is 6.04. The molecular formula is C27H26N2O5. The normalized spacial score (nSPS) is 14.7. The summed E-state index contributed by atoms with van der Waals surface area (Å²) in [6.45, 7) is 0.384. The molecule has 0 aromatic heterocycles. The summed E-state index contributed by atoms with van der Waals surface area (Å²) >= 11 is 0. The number of hydrogen-bond donors (Lipinski definition) is 4. The second-order valence-corrected chi connectivity index (χ2v) is 8.67. The highest BCUT2D eigenvalue weighted by atomic mass is 16.5. The fourth-order valence-electron chi connectivity index (χ4n) is 3.87. The molecule has 0 bridgehead atoms. The Bertz CT molecular complexity index is 1200. The van der Waals surface area contributed by atoms with Crippen molar-refractivity contribution in [1.82, 2.24) is 5.32 Å². The van der Waals surface area contributed by atoms with Crippen LogP contribution in [0.5, 0.6) is 11.5 Å². The minimum atomic E-state index is -0.992. The molecular weight excluding hydrogens is 432 g/mol. The first-order chi connectivity index (χ1) is 16.4. The summed E-state index contributed by atoms with van der Waals surface area (Å²) in [5.41, 5.74) is 3.22. The van der Waals surface area contributed by atoms with Crippen LogP contribution in [0.1, 0.15) is 34.3 Å². The standard InChI is InChI=1S/C27H26N2O5/c28-15-22-8-7-21(19-3-5-20(6-4-19)26(32)33)13-25(22)34-17-24(31)16-29-27(11-12-27)14-18-1-9-23(30)10-2-18/h1-10,13,24,29-31H,11-12,14,16-17H2,(H,32,33). The second-order valence-electron chi connectivity index (χ2n) is 8.67. The van der Waals surface area contributed by atoms with E-state index in [-0.39, 0.29) is 23.5 Å². The van der Waals surface area contributed by atoms with Gasteiger partial charge < -0.3 is 25.4 Å². The Labute approximate surface area is 197 Å². The van der Waals surface area contributed by atoms with E-state index < -0.39 is 12.1 Å². The third-order valence-electron chi connectivity index (χ3n) is 6.04. The number of carbonyl (C=O) groups is 1. The quantitative estimate of drug-likeness (QED) is 0.365. The summed E-state index contributed by atoms with van der Waals surface area (Å²) < 4.78 is 5.80. The van der Waals surface area contributed by atoms with Gasteiger partial charge in [0, 0.05) is 12.1 Å². The van der Waals surface area contributed by atoms with E-state index in [0.717, 1.165) is 36.0 Å². The van der Waals surface area contributed by atoms with Gasteiger partial charge in [0.25, 0.3) is 0 Å². The number of hydrogen-bond acceptors (Lipinski definition) is 6. The minimum absolute atomic E-state index is 0.0262. The van der Waals surface area contributed by atoms with Crippen molar-refractivity contribution in [2.24, 2.45) is 0 Å². The van der Waals surface area contributed by atoms with Crippen molar-refractivity contribution in [2.45, 2.75) is 30.9 Å². The topological polar surface area (TPSA) is 123 Å². The zero-order valence-electron chi connectivity index (χ0n) is 18.6. The fraction of sp³-hybridized carbons (Fsp3) is 0.259. The van der Waals surface area contributed by atoms with Crippen LogP contribution in [0.3, 0.4) is 0 Å². The lowest BCUT2D eigenvalue weighted by atomic mass is 10.0. The lowest BCUT2D eigenvalue weighted by Crippen LogP contribution is -2.40. The molecule has 1 fully saturated rings. The predicted molar refractivity (Wildman–Crippen MR) is 127 cm³/mol.